The summed E-state index contributed by atoms with van der Waals surface area (Å²) in [6.45, 7) is 8.16. The summed E-state index contributed by atoms with van der Waals surface area (Å²) in [5.41, 5.74) is 5.68. The number of aryl methyl sites for hydroxylation is 1. The highest BCUT2D eigenvalue weighted by atomic mass is 16.3. The van der Waals surface area contributed by atoms with Gasteiger partial charge in [-0.3, -0.25) is 4.79 Å². The third-order valence-electron chi connectivity index (χ3n) is 3.07. The van der Waals surface area contributed by atoms with Crippen LogP contribution >= 0.6 is 0 Å². The molecule has 2 N–H and O–H groups in total. The lowest BCUT2D eigenvalue weighted by Crippen LogP contribution is -2.42. The van der Waals surface area contributed by atoms with Crippen molar-refractivity contribution in [2.75, 3.05) is 19.6 Å². The molecule has 0 atom stereocenters. The van der Waals surface area contributed by atoms with Gasteiger partial charge < -0.3 is 15.1 Å². The van der Waals surface area contributed by atoms with Gasteiger partial charge in [-0.2, -0.15) is 0 Å². The summed E-state index contributed by atoms with van der Waals surface area (Å²) < 4.78 is 5.23. The van der Waals surface area contributed by atoms with E-state index in [1.165, 1.54) is 0 Å². The van der Waals surface area contributed by atoms with Crippen LogP contribution in [0.1, 0.15) is 33.0 Å². The predicted octanol–water partition coefficient (Wildman–Crippen LogP) is 2.05. The molecule has 1 amide bonds. The van der Waals surface area contributed by atoms with E-state index in [9.17, 15) is 4.79 Å². The summed E-state index contributed by atoms with van der Waals surface area (Å²) >= 11 is 0. The molecular weight excluding hydrogens is 228 g/mol. The number of furan rings is 1. The van der Waals surface area contributed by atoms with Crippen LogP contribution in [0.5, 0.6) is 0 Å². The first-order chi connectivity index (χ1) is 8.48. The zero-order valence-corrected chi connectivity index (χ0v) is 11.6. The van der Waals surface area contributed by atoms with Crippen LogP contribution in [-0.2, 0) is 11.2 Å². The minimum atomic E-state index is -0.0314. The molecule has 0 aliphatic rings. The summed E-state index contributed by atoms with van der Waals surface area (Å²) in [6.07, 6.45) is 2.78. The van der Waals surface area contributed by atoms with Crippen molar-refractivity contribution in [1.82, 2.24) is 4.90 Å². The fourth-order valence-corrected chi connectivity index (χ4v) is 1.80. The molecule has 0 aromatic carbocycles. The standard InChI is InChI=1S/C14H24N2O2/c1-4-16(11-14(2,3)10-15)13(17)8-7-12-6-5-9-18-12/h5-6,9H,4,7-8,10-11,15H2,1-3H3. The molecule has 4 heteroatoms. The van der Waals surface area contributed by atoms with Gasteiger partial charge in [0.1, 0.15) is 5.76 Å². The number of rotatable bonds is 7. The number of carbonyl (C=O) groups is 1. The first-order valence-corrected chi connectivity index (χ1v) is 6.48. The zero-order valence-electron chi connectivity index (χ0n) is 11.6. The Bertz CT molecular complexity index is 358. The van der Waals surface area contributed by atoms with Crippen LogP contribution in [0, 0.1) is 5.41 Å². The molecule has 0 aliphatic carbocycles. The van der Waals surface area contributed by atoms with Crippen LogP contribution in [0.4, 0.5) is 0 Å². The topological polar surface area (TPSA) is 59.5 Å². The molecule has 102 valence electrons. The Kier molecular flexibility index (Phi) is 5.41. The highest BCUT2D eigenvalue weighted by Gasteiger charge is 2.22. The third kappa shape index (κ3) is 4.53. The summed E-state index contributed by atoms with van der Waals surface area (Å²) in [6, 6.07) is 3.74. The van der Waals surface area contributed by atoms with Gasteiger partial charge in [0.15, 0.2) is 0 Å². The van der Waals surface area contributed by atoms with Crippen molar-refractivity contribution in [1.29, 1.82) is 0 Å². The van der Waals surface area contributed by atoms with Crippen molar-refractivity contribution in [3.05, 3.63) is 24.2 Å². The third-order valence-corrected chi connectivity index (χ3v) is 3.07. The van der Waals surface area contributed by atoms with E-state index in [1.54, 1.807) is 6.26 Å². The predicted molar refractivity (Wildman–Crippen MR) is 72.1 cm³/mol. The highest BCUT2D eigenvalue weighted by molar-refractivity contribution is 5.76. The van der Waals surface area contributed by atoms with Crippen LogP contribution < -0.4 is 5.73 Å². The van der Waals surface area contributed by atoms with E-state index in [1.807, 2.05) is 24.0 Å². The largest absolute Gasteiger partial charge is 0.469 e. The van der Waals surface area contributed by atoms with Gasteiger partial charge >= 0.3 is 0 Å². The maximum atomic E-state index is 12.1. The quantitative estimate of drug-likeness (QED) is 0.808. The lowest BCUT2D eigenvalue weighted by Gasteiger charge is -2.31. The van der Waals surface area contributed by atoms with E-state index in [2.05, 4.69) is 13.8 Å². The van der Waals surface area contributed by atoms with Gasteiger partial charge in [0.25, 0.3) is 0 Å². The molecular formula is C14H24N2O2. The molecule has 0 fully saturated rings. The minimum Gasteiger partial charge on any atom is -0.469 e. The molecule has 0 saturated heterocycles. The normalized spacial score (nSPS) is 11.6. The van der Waals surface area contributed by atoms with Crippen LogP contribution in [-0.4, -0.2) is 30.4 Å². The smallest absolute Gasteiger partial charge is 0.223 e. The average Bonchev–Trinajstić information content (AvgIpc) is 2.86. The van der Waals surface area contributed by atoms with E-state index < -0.39 is 0 Å². The monoisotopic (exact) mass is 252 g/mol. The van der Waals surface area contributed by atoms with Gasteiger partial charge in [-0.25, -0.2) is 0 Å². The Labute approximate surface area is 109 Å². The summed E-state index contributed by atoms with van der Waals surface area (Å²) in [4.78, 5) is 14.0. The maximum absolute atomic E-state index is 12.1. The summed E-state index contributed by atoms with van der Waals surface area (Å²) in [5, 5.41) is 0. The van der Waals surface area contributed by atoms with Crippen molar-refractivity contribution in [2.24, 2.45) is 11.1 Å². The van der Waals surface area contributed by atoms with Crippen LogP contribution in [0.2, 0.25) is 0 Å². The number of carbonyl (C=O) groups excluding carboxylic acids is 1. The highest BCUT2D eigenvalue weighted by Crippen LogP contribution is 2.16. The molecule has 1 aromatic heterocycles. The lowest BCUT2D eigenvalue weighted by atomic mass is 9.93. The van der Waals surface area contributed by atoms with Crippen molar-refractivity contribution in [2.45, 2.75) is 33.6 Å². The fraction of sp³-hybridized carbons (Fsp3) is 0.643. The molecule has 0 unspecified atom stereocenters. The number of nitrogens with zero attached hydrogens (tertiary/aromatic N) is 1. The molecule has 0 bridgehead atoms. The van der Waals surface area contributed by atoms with Crippen molar-refractivity contribution in [3.63, 3.8) is 0 Å². The van der Waals surface area contributed by atoms with E-state index in [0.717, 1.165) is 12.3 Å². The van der Waals surface area contributed by atoms with Crippen LogP contribution in [0.25, 0.3) is 0 Å². The Morgan fingerprint density at radius 3 is 2.72 bits per heavy atom. The molecule has 1 rings (SSSR count). The second-order valence-electron chi connectivity index (χ2n) is 5.36. The summed E-state index contributed by atoms with van der Waals surface area (Å²) in [5.74, 6) is 1.02. The molecule has 4 nitrogen and oxygen atoms in total. The molecule has 0 aliphatic heterocycles. The van der Waals surface area contributed by atoms with E-state index >= 15 is 0 Å². The van der Waals surface area contributed by atoms with Crippen molar-refractivity contribution < 1.29 is 9.21 Å². The molecule has 0 spiro atoms. The molecule has 18 heavy (non-hydrogen) atoms. The molecule has 0 radical (unpaired) electrons. The van der Waals surface area contributed by atoms with E-state index in [4.69, 9.17) is 10.2 Å². The first-order valence-electron chi connectivity index (χ1n) is 6.48. The fourth-order valence-electron chi connectivity index (χ4n) is 1.80. The van der Waals surface area contributed by atoms with Gasteiger partial charge in [-0.1, -0.05) is 13.8 Å². The number of hydrogen-bond donors (Lipinski definition) is 1. The Balaban J connectivity index is 2.47. The zero-order chi connectivity index (χ0) is 13.6. The Morgan fingerprint density at radius 1 is 1.50 bits per heavy atom. The number of amides is 1. The second-order valence-corrected chi connectivity index (χ2v) is 5.36. The molecule has 1 aromatic rings. The average molecular weight is 252 g/mol. The minimum absolute atomic E-state index is 0.0314. The van der Waals surface area contributed by atoms with Crippen LogP contribution in [0.15, 0.2) is 22.8 Å². The van der Waals surface area contributed by atoms with E-state index in [0.29, 0.717) is 25.9 Å². The van der Waals surface area contributed by atoms with Gasteiger partial charge in [-0.05, 0) is 31.0 Å². The van der Waals surface area contributed by atoms with Crippen LogP contribution in [0.3, 0.4) is 0 Å². The number of hydrogen-bond acceptors (Lipinski definition) is 3. The van der Waals surface area contributed by atoms with E-state index in [-0.39, 0.29) is 11.3 Å². The van der Waals surface area contributed by atoms with Crippen molar-refractivity contribution >= 4 is 5.91 Å². The van der Waals surface area contributed by atoms with Gasteiger partial charge in [0.2, 0.25) is 5.91 Å². The SMILES string of the molecule is CCN(CC(C)(C)CN)C(=O)CCc1ccco1. The van der Waals surface area contributed by atoms with Crippen molar-refractivity contribution in [3.8, 4) is 0 Å². The lowest BCUT2D eigenvalue weighted by molar-refractivity contribution is -0.132. The Morgan fingerprint density at radius 2 is 2.22 bits per heavy atom. The maximum Gasteiger partial charge on any atom is 0.223 e. The second kappa shape index (κ2) is 6.59. The van der Waals surface area contributed by atoms with Gasteiger partial charge in [0, 0.05) is 25.9 Å². The van der Waals surface area contributed by atoms with Gasteiger partial charge in [-0.15, -0.1) is 0 Å². The molecule has 0 saturated carbocycles. The Hall–Kier alpha value is -1.29. The first kappa shape index (κ1) is 14.8. The molecule has 1 heterocycles. The number of nitrogens with two attached hydrogens (primary N) is 1. The van der Waals surface area contributed by atoms with Gasteiger partial charge in [0.05, 0.1) is 6.26 Å². The summed E-state index contributed by atoms with van der Waals surface area (Å²) in [7, 11) is 0.